The fourth-order valence-corrected chi connectivity index (χ4v) is 1.83. The molecule has 14 heavy (non-hydrogen) atoms. The summed E-state index contributed by atoms with van der Waals surface area (Å²) in [6.45, 7) is 6.40. The van der Waals surface area contributed by atoms with Crippen LogP contribution in [0.4, 0.5) is 10.1 Å². The molecule has 78 valence electrons. The summed E-state index contributed by atoms with van der Waals surface area (Å²) in [5.41, 5.74) is 7.29. The van der Waals surface area contributed by atoms with Gasteiger partial charge in [0.2, 0.25) is 0 Å². The summed E-state index contributed by atoms with van der Waals surface area (Å²) in [4.78, 5) is 0. The van der Waals surface area contributed by atoms with Crippen molar-refractivity contribution in [2.45, 2.75) is 31.3 Å². The van der Waals surface area contributed by atoms with Crippen LogP contribution in [0.1, 0.15) is 26.3 Å². The van der Waals surface area contributed by atoms with Crippen LogP contribution >= 0.6 is 11.8 Å². The fraction of sp³-hybridized carbons (Fsp3) is 0.455. The minimum Gasteiger partial charge on any atom is -0.398 e. The number of hydrogen-bond donors (Lipinski definition) is 1. The Hall–Kier alpha value is -0.700. The van der Waals surface area contributed by atoms with E-state index in [9.17, 15) is 4.39 Å². The van der Waals surface area contributed by atoms with E-state index in [0.717, 1.165) is 11.3 Å². The van der Waals surface area contributed by atoms with Crippen LogP contribution in [0.2, 0.25) is 0 Å². The van der Waals surface area contributed by atoms with Crippen LogP contribution in [0.3, 0.4) is 0 Å². The summed E-state index contributed by atoms with van der Waals surface area (Å²) in [5, 5.41) is 0. The number of benzene rings is 1. The lowest BCUT2D eigenvalue weighted by molar-refractivity contribution is 0.626. The van der Waals surface area contributed by atoms with Crippen molar-refractivity contribution in [1.29, 1.82) is 0 Å². The van der Waals surface area contributed by atoms with E-state index >= 15 is 0 Å². The number of nitrogens with two attached hydrogens (primary N) is 1. The highest BCUT2D eigenvalue weighted by molar-refractivity contribution is 7.99. The predicted molar refractivity (Wildman–Crippen MR) is 61.9 cm³/mol. The fourth-order valence-electron chi connectivity index (χ4n) is 0.994. The van der Waals surface area contributed by atoms with Gasteiger partial charge in [-0.15, -0.1) is 0 Å². The standard InChI is InChI=1S/C11H16FNS/c1-11(2,3)14-7-8-6-9(12)4-5-10(8)13/h4-6H,7,13H2,1-3H3. The van der Waals surface area contributed by atoms with Crippen molar-refractivity contribution in [2.75, 3.05) is 5.73 Å². The molecule has 0 aliphatic rings. The summed E-state index contributed by atoms with van der Waals surface area (Å²) in [6, 6.07) is 4.52. The Morgan fingerprint density at radius 3 is 2.57 bits per heavy atom. The normalized spacial score (nSPS) is 11.7. The van der Waals surface area contributed by atoms with Gasteiger partial charge in [0, 0.05) is 16.2 Å². The molecular formula is C11H16FNS. The lowest BCUT2D eigenvalue weighted by Gasteiger charge is -2.18. The van der Waals surface area contributed by atoms with Crippen LogP contribution in [-0.4, -0.2) is 4.75 Å². The summed E-state index contributed by atoms with van der Waals surface area (Å²) in [5.74, 6) is 0.538. The molecule has 1 aromatic rings. The van der Waals surface area contributed by atoms with E-state index in [-0.39, 0.29) is 10.6 Å². The highest BCUT2D eigenvalue weighted by Gasteiger charge is 2.11. The van der Waals surface area contributed by atoms with Crippen molar-refractivity contribution < 1.29 is 4.39 Å². The molecule has 3 heteroatoms. The lowest BCUT2D eigenvalue weighted by Crippen LogP contribution is -2.08. The summed E-state index contributed by atoms with van der Waals surface area (Å²) in [6.07, 6.45) is 0. The maximum Gasteiger partial charge on any atom is 0.123 e. The number of halogens is 1. The first kappa shape index (κ1) is 11.4. The minimum atomic E-state index is -0.219. The van der Waals surface area contributed by atoms with Crippen molar-refractivity contribution in [1.82, 2.24) is 0 Å². The first-order valence-corrected chi connectivity index (χ1v) is 5.55. The molecule has 0 aliphatic carbocycles. The molecule has 2 N–H and O–H groups in total. The first-order valence-electron chi connectivity index (χ1n) is 4.56. The van der Waals surface area contributed by atoms with E-state index in [4.69, 9.17) is 5.73 Å². The third kappa shape index (κ3) is 3.58. The van der Waals surface area contributed by atoms with Gasteiger partial charge >= 0.3 is 0 Å². The second-order valence-electron chi connectivity index (χ2n) is 4.24. The van der Waals surface area contributed by atoms with Gasteiger partial charge in [0.15, 0.2) is 0 Å². The van der Waals surface area contributed by atoms with E-state index < -0.39 is 0 Å². The number of nitrogen functional groups attached to an aromatic ring is 1. The second-order valence-corrected chi connectivity index (χ2v) is 6.05. The molecular weight excluding hydrogens is 197 g/mol. The Bertz CT molecular complexity index is 318. The molecule has 0 saturated carbocycles. The summed E-state index contributed by atoms with van der Waals surface area (Å²) in [7, 11) is 0. The second kappa shape index (κ2) is 4.22. The van der Waals surface area contributed by atoms with Crippen molar-refractivity contribution in [3.8, 4) is 0 Å². The van der Waals surface area contributed by atoms with E-state index in [1.54, 1.807) is 17.8 Å². The Labute approximate surface area is 88.9 Å². The first-order chi connectivity index (χ1) is 6.38. The molecule has 0 aliphatic heterocycles. The highest BCUT2D eigenvalue weighted by Crippen LogP contribution is 2.29. The van der Waals surface area contributed by atoms with Crippen molar-refractivity contribution >= 4 is 17.4 Å². The minimum absolute atomic E-state index is 0.179. The van der Waals surface area contributed by atoms with E-state index in [0.29, 0.717) is 5.69 Å². The Kier molecular flexibility index (Phi) is 3.43. The maximum absolute atomic E-state index is 12.9. The van der Waals surface area contributed by atoms with E-state index in [2.05, 4.69) is 20.8 Å². The van der Waals surface area contributed by atoms with Crippen molar-refractivity contribution in [2.24, 2.45) is 0 Å². The molecule has 0 spiro atoms. The summed E-state index contributed by atoms with van der Waals surface area (Å²) < 4.78 is 13.1. The van der Waals surface area contributed by atoms with Gasteiger partial charge in [0.1, 0.15) is 5.82 Å². The smallest absolute Gasteiger partial charge is 0.123 e. The van der Waals surface area contributed by atoms with E-state index in [1.807, 2.05) is 0 Å². The zero-order chi connectivity index (χ0) is 10.8. The molecule has 0 amide bonds. The topological polar surface area (TPSA) is 26.0 Å². The lowest BCUT2D eigenvalue weighted by atomic mass is 10.2. The molecule has 0 saturated heterocycles. The van der Waals surface area contributed by atoms with Crippen molar-refractivity contribution in [3.63, 3.8) is 0 Å². The average molecular weight is 213 g/mol. The molecule has 0 fully saturated rings. The molecule has 1 rings (SSSR count). The molecule has 0 bridgehead atoms. The molecule has 0 heterocycles. The predicted octanol–water partition coefficient (Wildman–Crippen LogP) is 3.44. The van der Waals surface area contributed by atoms with Gasteiger partial charge in [-0.25, -0.2) is 4.39 Å². The van der Waals surface area contributed by atoms with Crippen LogP contribution in [0.15, 0.2) is 18.2 Å². The van der Waals surface area contributed by atoms with Crippen LogP contribution in [-0.2, 0) is 5.75 Å². The number of anilines is 1. The molecule has 0 atom stereocenters. The maximum atomic E-state index is 12.9. The third-order valence-corrected chi connectivity index (χ3v) is 3.09. The molecule has 1 nitrogen and oxygen atoms in total. The van der Waals surface area contributed by atoms with E-state index in [1.165, 1.54) is 12.1 Å². The van der Waals surface area contributed by atoms with Gasteiger partial charge in [-0.1, -0.05) is 20.8 Å². The highest BCUT2D eigenvalue weighted by atomic mass is 32.2. The summed E-state index contributed by atoms with van der Waals surface area (Å²) >= 11 is 1.76. The Morgan fingerprint density at radius 2 is 2.00 bits per heavy atom. The average Bonchev–Trinajstić information content (AvgIpc) is 2.05. The number of rotatable bonds is 2. The van der Waals surface area contributed by atoms with Gasteiger partial charge < -0.3 is 5.73 Å². The Balaban J connectivity index is 2.72. The zero-order valence-electron chi connectivity index (χ0n) is 8.80. The Morgan fingerprint density at radius 1 is 1.36 bits per heavy atom. The number of thioether (sulfide) groups is 1. The van der Waals surface area contributed by atoms with Crippen molar-refractivity contribution in [3.05, 3.63) is 29.6 Å². The molecule has 0 radical (unpaired) electrons. The van der Waals surface area contributed by atoms with Gasteiger partial charge in [0.25, 0.3) is 0 Å². The SMILES string of the molecule is CC(C)(C)SCc1cc(F)ccc1N. The van der Waals surface area contributed by atoms with Crippen LogP contribution < -0.4 is 5.73 Å². The molecule has 0 aromatic heterocycles. The quantitative estimate of drug-likeness (QED) is 0.762. The third-order valence-electron chi connectivity index (χ3n) is 1.77. The monoisotopic (exact) mass is 213 g/mol. The molecule has 1 aromatic carbocycles. The van der Waals surface area contributed by atoms with Gasteiger partial charge in [-0.05, 0) is 23.8 Å². The largest absolute Gasteiger partial charge is 0.398 e. The van der Waals surface area contributed by atoms with Crippen LogP contribution in [0, 0.1) is 5.82 Å². The van der Waals surface area contributed by atoms with Crippen LogP contribution in [0.5, 0.6) is 0 Å². The van der Waals surface area contributed by atoms with Gasteiger partial charge in [0.05, 0.1) is 0 Å². The van der Waals surface area contributed by atoms with Crippen LogP contribution in [0.25, 0.3) is 0 Å². The van der Waals surface area contributed by atoms with Gasteiger partial charge in [-0.3, -0.25) is 0 Å². The molecule has 0 unspecified atom stereocenters. The zero-order valence-corrected chi connectivity index (χ0v) is 9.62. The van der Waals surface area contributed by atoms with Gasteiger partial charge in [-0.2, -0.15) is 11.8 Å². The number of hydrogen-bond acceptors (Lipinski definition) is 2.